The second kappa shape index (κ2) is 9.19. The first-order valence-electron chi connectivity index (χ1n) is 10.7. The van der Waals surface area contributed by atoms with Crippen LogP contribution in [0.5, 0.6) is 0 Å². The van der Waals surface area contributed by atoms with Gasteiger partial charge in [0, 0.05) is 37.8 Å². The van der Waals surface area contributed by atoms with Crippen LogP contribution in [0.25, 0.3) is 11.0 Å². The van der Waals surface area contributed by atoms with Gasteiger partial charge in [0.2, 0.25) is 11.8 Å². The number of nitrogens with one attached hydrogen (secondary N) is 2. The Balaban J connectivity index is 1.40. The Hall–Kier alpha value is -3.03. The molecule has 30 heavy (non-hydrogen) atoms. The topological polar surface area (TPSA) is 90.2 Å². The van der Waals surface area contributed by atoms with Crippen molar-refractivity contribution in [2.24, 2.45) is 4.99 Å². The zero-order valence-corrected chi connectivity index (χ0v) is 17.4. The first-order chi connectivity index (χ1) is 14.6. The number of anilines is 1. The average molecular weight is 412 g/mol. The summed E-state index contributed by atoms with van der Waals surface area (Å²) >= 11 is 0. The van der Waals surface area contributed by atoms with Crippen LogP contribution in [0.4, 0.5) is 5.69 Å². The van der Waals surface area contributed by atoms with Crippen LogP contribution in [0.1, 0.15) is 32.1 Å². The Kier molecular flexibility index (Phi) is 6.21. The molecule has 2 N–H and O–H groups in total. The summed E-state index contributed by atoms with van der Waals surface area (Å²) in [4.78, 5) is 33.5. The molecule has 2 aromatic rings. The molecular weight excluding hydrogens is 382 g/mol. The maximum absolute atomic E-state index is 13.1. The van der Waals surface area contributed by atoms with E-state index >= 15 is 0 Å². The van der Waals surface area contributed by atoms with Gasteiger partial charge >= 0.3 is 0 Å². The molecule has 2 fully saturated rings. The van der Waals surface area contributed by atoms with E-state index in [0.717, 1.165) is 55.4 Å². The van der Waals surface area contributed by atoms with Crippen LogP contribution in [0.2, 0.25) is 0 Å². The van der Waals surface area contributed by atoms with Gasteiger partial charge in [-0.05, 0) is 56.4 Å². The van der Waals surface area contributed by atoms with E-state index in [4.69, 9.17) is 4.42 Å². The molecule has 2 aliphatic heterocycles. The van der Waals surface area contributed by atoms with Crippen molar-refractivity contribution >= 4 is 34.4 Å². The molecule has 0 bridgehead atoms. The second-order valence-corrected chi connectivity index (χ2v) is 7.91. The van der Waals surface area contributed by atoms with E-state index in [1.54, 1.807) is 18.2 Å². The third-order valence-corrected chi connectivity index (χ3v) is 5.82. The first kappa shape index (κ1) is 20.3. The van der Waals surface area contributed by atoms with E-state index in [1.165, 1.54) is 0 Å². The summed E-state index contributed by atoms with van der Waals surface area (Å²) < 4.78 is 5.38. The molecule has 8 heteroatoms. The van der Waals surface area contributed by atoms with Gasteiger partial charge < -0.3 is 24.9 Å². The van der Waals surface area contributed by atoms with E-state index in [9.17, 15) is 9.59 Å². The minimum atomic E-state index is -0.400. The molecule has 0 radical (unpaired) electrons. The lowest BCUT2D eigenvalue weighted by Gasteiger charge is -2.27. The van der Waals surface area contributed by atoms with E-state index < -0.39 is 6.04 Å². The van der Waals surface area contributed by atoms with Crippen molar-refractivity contribution < 1.29 is 14.0 Å². The molecule has 2 saturated heterocycles. The maximum atomic E-state index is 13.1. The van der Waals surface area contributed by atoms with Crippen molar-refractivity contribution in [2.45, 2.75) is 38.1 Å². The highest BCUT2D eigenvalue weighted by molar-refractivity contribution is 5.98. The fourth-order valence-electron chi connectivity index (χ4n) is 4.13. The van der Waals surface area contributed by atoms with Gasteiger partial charge in [-0.25, -0.2) is 0 Å². The Morgan fingerprint density at radius 1 is 1.17 bits per heavy atom. The minimum absolute atomic E-state index is 0.0340. The van der Waals surface area contributed by atoms with Gasteiger partial charge in [0.25, 0.3) is 0 Å². The standard InChI is InChI=1S/C22H29N5O3/c1-23-22(24-17-7-8-19-16(14-17)9-13-30-19)25-18-6-2-3-12-27(21(18)29)15-20(28)26-10-4-5-11-26/h7-9,13-14,18H,2-6,10-12,15H2,1H3,(H2,23,24,25). The lowest BCUT2D eigenvalue weighted by Crippen LogP contribution is -2.51. The largest absolute Gasteiger partial charge is 0.464 e. The van der Waals surface area contributed by atoms with Crippen LogP contribution < -0.4 is 10.6 Å². The van der Waals surface area contributed by atoms with Crippen molar-refractivity contribution in [1.29, 1.82) is 0 Å². The second-order valence-electron chi connectivity index (χ2n) is 7.91. The summed E-state index contributed by atoms with van der Waals surface area (Å²) in [5, 5.41) is 7.50. The molecule has 1 aromatic carbocycles. The molecule has 0 spiro atoms. The molecule has 160 valence electrons. The lowest BCUT2D eigenvalue weighted by molar-refractivity contribution is -0.140. The van der Waals surface area contributed by atoms with Gasteiger partial charge in [0.15, 0.2) is 5.96 Å². The van der Waals surface area contributed by atoms with Crippen LogP contribution in [0, 0.1) is 0 Å². The number of guanidine groups is 1. The van der Waals surface area contributed by atoms with Gasteiger partial charge in [-0.2, -0.15) is 0 Å². The number of rotatable bonds is 4. The molecule has 1 aromatic heterocycles. The summed E-state index contributed by atoms with van der Waals surface area (Å²) in [6, 6.07) is 7.28. The summed E-state index contributed by atoms with van der Waals surface area (Å²) in [6.07, 6.45) is 6.31. The number of furan rings is 1. The van der Waals surface area contributed by atoms with Crippen LogP contribution in [-0.4, -0.2) is 66.8 Å². The highest BCUT2D eigenvalue weighted by Crippen LogP contribution is 2.20. The van der Waals surface area contributed by atoms with Crippen LogP contribution >= 0.6 is 0 Å². The highest BCUT2D eigenvalue weighted by atomic mass is 16.3. The predicted molar refractivity (Wildman–Crippen MR) is 116 cm³/mol. The monoisotopic (exact) mass is 411 g/mol. The molecule has 4 rings (SSSR count). The summed E-state index contributed by atoms with van der Waals surface area (Å²) in [5.74, 6) is 0.551. The van der Waals surface area contributed by atoms with Gasteiger partial charge in [-0.1, -0.05) is 0 Å². The van der Waals surface area contributed by atoms with E-state index in [-0.39, 0.29) is 18.4 Å². The fourth-order valence-corrected chi connectivity index (χ4v) is 4.13. The summed E-state index contributed by atoms with van der Waals surface area (Å²) in [7, 11) is 1.68. The average Bonchev–Trinajstić information content (AvgIpc) is 3.42. The Morgan fingerprint density at radius 2 is 1.97 bits per heavy atom. The number of fused-ring (bicyclic) bond motifs is 1. The number of hydrogen-bond acceptors (Lipinski definition) is 4. The smallest absolute Gasteiger partial charge is 0.245 e. The van der Waals surface area contributed by atoms with E-state index in [1.807, 2.05) is 29.2 Å². The SMILES string of the molecule is CN=C(Nc1ccc2occc2c1)NC1CCCCN(CC(=O)N2CCCC2)C1=O. The van der Waals surface area contributed by atoms with E-state index in [2.05, 4.69) is 15.6 Å². The van der Waals surface area contributed by atoms with Crippen LogP contribution in [-0.2, 0) is 9.59 Å². The number of carbonyl (C=O) groups is 2. The summed E-state index contributed by atoms with van der Waals surface area (Å²) in [5.41, 5.74) is 1.68. The number of benzene rings is 1. The quantitative estimate of drug-likeness (QED) is 0.596. The van der Waals surface area contributed by atoms with Gasteiger partial charge in [0.1, 0.15) is 11.6 Å². The molecule has 0 aliphatic carbocycles. The molecule has 1 atom stereocenters. The Morgan fingerprint density at radius 3 is 2.77 bits per heavy atom. The number of nitrogens with zero attached hydrogens (tertiary/aromatic N) is 3. The molecule has 2 amide bonds. The number of carbonyl (C=O) groups excluding carboxylic acids is 2. The zero-order valence-electron chi connectivity index (χ0n) is 17.4. The van der Waals surface area contributed by atoms with Gasteiger partial charge in [-0.15, -0.1) is 0 Å². The Labute approximate surface area is 176 Å². The van der Waals surface area contributed by atoms with Crippen molar-refractivity contribution in [1.82, 2.24) is 15.1 Å². The van der Waals surface area contributed by atoms with Crippen LogP contribution in [0.15, 0.2) is 39.9 Å². The number of likely N-dealkylation sites (tertiary alicyclic amines) is 2. The van der Waals surface area contributed by atoms with E-state index in [0.29, 0.717) is 18.9 Å². The fraction of sp³-hybridized carbons (Fsp3) is 0.500. The molecular formula is C22H29N5O3. The number of amides is 2. The van der Waals surface area contributed by atoms with Gasteiger partial charge in [0.05, 0.1) is 12.8 Å². The van der Waals surface area contributed by atoms with Gasteiger partial charge in [-0.3, -0.25) is 14.6 Å². The molecule has 1 unspecified atom stereocenters. The number of aliphatic imine (C=N–C) groups is 1. The molecule has 0 saturated carbocycles. The zero-order chi connectivity index (χ0) is 20.9. The highest BCUT2D eigenvalue weighted by Gasteiger charge is 2.30. The Bertz CT molecular complexity index is 932. The lowest BCUT2D eigenvalue weighted by atomic mass is 10.1. The molecule has 8 nitrogen and oxygen atoms in total. The van der Waals surface area contributed by atoms with Crippen molar-refractivity contribution in [3.8, 4) is 0 Å². The van der Waals surface area contributed by atoms with Crippen molar-refractivity contribution in [3.05, 3.63) is 30.5 Å². The predicted octanol–water partition coefficient (Wildman–Crippen LogP) is 2.42. The molecule has 2 aliphatic rings. The number of hydrogen-bond donors (Lipinski definition) is 2. The third kappa shape index (κ3) is 4.58. The normalized spacial score (nSPS) is 20.5. The van der Waals surface area contributed by atoms with Crippen molar-refractivity contribution in [3.63, 3.8) is 0 Å². The third-order valence-electron chi connectivity index (χ3n) is 5.82. The van der Waals surface area contributed by atoms with Crippen molar-refractivity contribution in [2.75, 3.05) is 38.5 Å². The summed E-state index contributed by atoms with van der Waals surface area (Å²) in [6.45, 7) is 2.40. The maximum Gasteiger partial charge on any atom is 0.245 e. The molecule has 3 heterocycles. The first-order valence-corrected chi connectivity index (χ1v) is 10.7. The van der Waals surface area contributed by atoms with Crippen LogP contribution in [0.3, 0.4) is 0 Å². The minimum Gasteiger partial charge on any atom is -0.464 e.